The number of aryl methyl sites for hydroxylation is 1. The smallest absolute Gasteiger partial charge is 0.219 e. The molecule has 0 radical (unpaired) electrons. The van der Waals surface area contributed by atoms with Crippen molar-refractivity contribution in [3.05, 3.63) is 22.3 Å². The molecule has 2 aliphatic rings. The Morgan fingerprint density at radius 2 is 2.35 bits per heavy atom. The van der Waals surface area contributed by atoms with Gasteiger partial charge in [-0.1, -0.05) is 11.6 Å². The molecule has 1 fully saturated rings. The number of rotatable bonds is 3. The highest BCUT2D eigenvalue weighted by Crippen LogP contribution is 2.38. The standard InChI is InChI=1S/C14H19ClN2O3/c1-19-14-13-8(6-12(15)17-14)2-3-10(13)16-9-4-5-20-7-11(9)18/h6,9-11,16,18H,2-5,7H2,1H3/t9-,10+,11+/m1/s1. The molecule has 3 atom stereocenters. The number of pyridine rings is 1. The minimum atomic E-state index is -0.459. The lowest BCUT2D eigenvalue weighted by molar-refractivity contribution is -0.0304. The van der Waals surface area contributed by atoms with E-state index < -0.39 is 6.10 Å². The van der Waals surface area contributed by atoms with E-state index in [1.165, 1.54) is 5.56 Å². The molecule has 0 amide bonds. The first-order valence-electron chi connectivity index (χ1n) is 6.94. The van der Waals surface area contributed by atoms with Crippen molar-refractivity contribution in [3.8, 4) is 5.88 Å². The molecule has 1 aliphatic heterocycles. The van der Waals surface area contributed by atoms with Gasteiger partial charge in [-0.2, -0.15) is 0 Å². The number of halogens is 1. The number of hydrogen-bond acceptors (Lipinski definition) is 5. The molecule has 2 N–H and O–H groups in total. The van der Waals surface area contributed by atoms with E-state index in [2.05, 4.69) is 10.3 Å². The maximum atomic E-state index is 9.99. The van der Waals surface area contributed by atoms with E-state index in [4.69, 9.17) is 21.1 Å². The second-order valence-corrected chi connectivity index (χ2v) is 5.71. The summed E-state index contributed by atoms with van der Waals surface area (Å²) in [6.07, 6.45) is 2.28. The van der Waals surface area contributed by atoms with Gasteiger partial charge in [0.15, 0.2) is 0 Å². The Bertz CT molecular complexity index is 498. The van der Waals surface area contributed by atoms with Crippen molar-refractivity contribution < 1.29 is 14.6 Å². The molecule has 0 aromatic carbocycles. The SMILES string of the molecule is COc1nc(Cl)cc2c1[C@@H](N[C@@H]1CCOC[C@@H]1O)CC2. The molecule has 1 aromatic heterocycles. The lowest BCUT2D eigenvalue weighted by atomic mass is 10.0. The van der Waals surface area contributed by atoms with Crippen LogP contribution in [0.25, 0.3) is 0 Å². The largest absolute Gasteiger partial charge is 0.481 e. The number of methoxy groups -OCH3 is 1. The number of ether oxygens (including phenoxy) is 2. The van der Waals surface area contributed by atoms with E-state index >= 15 is 0 Å². The van der Waals surface area contributed by atoms with Crippen molar-refractivity contribution in [1.82, 2.24) is 10.3 Å². The summed E-state index contributed by atoms with van der Waals surface area (Å²) >= 11 is 6.00. The molecule has 6 heteroatoms. The van der Waals surface area contributed by atoms with Gasteiger partial charge >= 0.3 is 0 Å². The lowest BCUT2D eigenvalue weighted by Crippen LogP contribution is -2.47. The maximum Gasteiger partial charge on any atom is 0.219 e. The third-order valence-electron chi connectivity index (χ3n) is 4.06. The fraction of sp³-hybridized carbons (Fsp3) is 0.643. The molecule has 0 bridgehead atoms. The van der Waals surface area contributed by atoms with Gasteiger partial charge < -0.3 is 19.9 Å². The number of aliphatic hydroxyl groups excluding tert-OH is 1. The molecule has 2 heterocycles. The average molecular weight is 299 g/mol. The summed E-state index contributed by atoms with van der Waals surface area (Å²) in [5, 5.41) is 14.0. The van der Waals surface area contributed by atoms with Crippen LogP contribution < -0.4 is 10.1 Å². The molecule has 110 valence electrons. The highest BCUT2D eigenvalue weighted by molar-refractivity contribution is 6.29. The highest BCUT2D eigenvalue weighted by atomic mass is 35.5. The van der Waals surface area contributed by atoms with Crippen molar-refractivity contribution >= 4 is 11.6 Å². The zero-order valence-corrected chi connectivity index (χ0v) is 12.2. The number of fused-ring (bicyclic) bond motifs is 1. The topological polar surface area (TPSA) is 63.6 Å². The lowest BCUT2D eigenvalue weighted by Gasteiger charge is -2.31. The summed E-state index contributed by atoms with van der Waals surface area (Å²) < 4.78 is 10.6. The van der Waals surface area contributed by atoms with Crippen LogP contribution in [0.1, 0.15) is 30.0 Å². The number of nitrogens with zero attached hydrogens (tertiary/aromatic N) is 1. The van der Waals surface area contributed by atoms with E-state index in [-0.39, 0.29) is 12.1 Å². The Morgan fingerprint density at radius 3 is 3.10 bits per heavy atom. The molecule has 20 heavy (non-hydrogen) atoms. The highest BCUT2D eigenvalue weighted by Gasteiger charge is 2.32. The first kappa shape index (κ1) is 14.1. The number of aliphatic hydroxyl groups is 1. The Labute approximate surface area is 123 Å². The van der Waals surface area contributed by atoms with Crippen molar-refractivity contribution in [2.75, 3.05) is 20.3 Å². The van der Waals surface area contributed by atoms with Gasteiger partial charge in [0.05, 0.1) is 19.8 Å². The number of aromatic nitrogens is 1. The van der Waals surface area contributed by atoms with Crippen LogP contribution in [0.2, 0.25) is 5.15 Å². The monoisotopic (exact) mass is 298 g/mol. The fourth-order valence-electron chi connectivity index (χ4n) is 3.07. The third-order valence-corrected chi connectivity index (χ3v) is 4.26. The second-order valence-electron chi connectivity index (χ2n) is 5.32. The molecule has 1 aliphatic carbocycles. The molecule has 5 nitrogen and oxygen atoms in total. The predicted octanol–water partition coefficient (Wildman–Crippen LogP) is 1.47. The van der Waals surface area contributed by atoms with Crippen LogP contribution in [0.4, 0.5) is 0 Å². The molecular formula is C14H19ClN2O3. The summed E-state index contributed by atoms with van der Waals surface area (Å²) in [5.74, 6) is 0.587. The summed E-state index contributed by atoms with van der Waals surface area (Å²) in [6.45, 7) is 1.08. The fourth-order valence-corrected chi connectivity index (χ4v) is 3.28. The average Bonchev–Trinajstić information content (AvgIpc) is 2.83. The Kier molecular flexibility index (Phi) is 4.12. The van der Waals surface area contributed by atoms with Gasteiger partial charge in [0.25, 0.3) is 0 Å². The van der Waals surface area contributed by atoms with Crippen LogP contribution in [0.3, 0.4) is 0 Å². The van der Waals surface area contributed by atoms with Crippen molar-refractivity contribution in [3.63, 3.8) is 0 Å². The number of hydrogen-bond donors (Lipinski definition) is 2. The van der Waals surface area contributed by atoms with Gasteiger partial charge in [-0.05, 0) is 30.9 Å². The van der Waals surface area contributed by atoms with Crippen LogP contribution in [-0.2, 0) is 11.2 Å². The van der Waals surface area contributed by atoms with Crippen molar-refractivity contribution in [1.29, 1.82) is 0 Å². The predicted molar refractivity (Wildman–Crippen MR) is 75.2 cm³/mol. The van der Waals surface area contributed by atoms with Crippen molar-refractivity contribution in [2.45, 2.75) is 37.5 Å². The zero-order valence-electron chi connectivity index (χ0n) is 11.4. The Hall–Kier alpha value is -0.880. The van der Waals surface area contributed by atoms with E-state index in [0.29, 0.717) is 24.2 Å². The minimum absolute atomic E-state index is 0.0556. The summed E-state index contributed by atoms with van der Waals surface area (Å²) in [5.41, 5.74) is 2.26. The second kappa shape index (κ2) is 5.85. The summed E-state index contributed by atoms with van der Waals surface area (Å²) in [6, 6.07) is 2.11. The van der Waals surface area contributed by atoms with Crippen LogP contribution in [0.5, 0.6) is 5.88 Å². The Balaban J connectivity index is 1.81. The van der Waals surface area contributed by atoms with Gasteiger partial charge in [-0.15, -0.1) is 0 Å². The molecule has 3 rings (SSSR count). The molecule has 1 aromatic rings. The minimum Gasteiger partial charge on any atom is -0.481 e. The zero-order chi connectivity index (χ0) is 14.1. The van der Waals surface area contributed by atoms with E-state index in [1.54, 1.807) is 7.11 Å². The van der Waals surface area contributed by atoms with Gasteiger partial charge in [0.2, 0.25) is 5.88 Å². The van der Waals surface area contributed by atoms with Crippen LogP contribution in [0, 0.1) is 0 Å². The van der Waals surface area contributed by atoms with Gasteiger partial charge in [-0.25, -0.2) is 4.98 Å². The third kappa shape index (κ3) is 2.63. The van der Waals surface area contributed by atoms with Crippen LogP contribution in [-0.4, -0.2) is 42.6 Å². The summed E-state index contributed by atoms with van der Waals surface area (Å²) in [4.78, 5) is 4.24. The van der Waals surface area contributed by atoms with Crippen molar-refractivity contribution in [2.24, 2.45) is 0 Å². The van der Waals surface area contributed by atoms with Gasteiger partial charge in [0, 0.05) is 24.3 Å². The van der Waals surface area contributed by atoms with Crippen LogP contribution >= 0.6 is 11.6 Å². The molecule has 0 spiro atoms. The first-order chi connectivity index (χ1) is 9.69. The van der Waals surface area contributed by atoms with Crippen LogP contribution in [0.15, 0.2) is 6.07 Å². The molecular weight excluding hydrogens is 280 g/mol. The van der Waals surface area contributed by atoms with E-state index in [1.807, 2.05) is 6.07 Å². The first-order valence-corrected chi connectivity index (χ1v) is 7.32. The maximum absolute atomic E-state index is 9.99. The quantitative estimate of drug-likeness (QED) is 0.828. The molecule has 1 saturated heterocycles. The van der Waals surface area contributed by atoms with E-state index in [9.17, 15) is 5.11 Å². The molecule has 0 unspecified atom stereocenters. The number of nitrogens with one attached hydrogen (secondary N) is 1. The Morgan fingerprint density at radius 1 is 1.50 bits per heavy atom. The van der Waals surface area contributed by atoms with E-state index in [0.717, 1.165) is 24.8 Å². The normalized spacial score (nSPS) is 29.2. The van der Waals surface area contributed by atoms with Gasteiger partial charge in [-0.3, -0.25) is 0 Å². The van der Waals surface area contributed by atoms with Gasteiger partial charge in [0.1, 0.15) is 5.15 Å². The summed E-state index contributed by atoms with van der Waals surface area (Å²) in [7, 11) is 1.61. The molecule has 0 saturated carbocycles.